The van der Waals surface area contributed by atoms with Crippen LogP contribution in [0.4, 0.5) is 5.95 Å². The summed E-state index contributed by atoms with van der Waals surface area (Å²) in [5.41, 5.74) is 2.71. The molecule has 0 aliphatic carbocycles. The smallest absolute Gasteiger partial charge is 0.256 e. The van der Waals surface area contributed by atoms with Crippen LogP contribution >= 0.6 is 11.8 Å². The first-order valence-corrected chi connectivity index (χ1v) is 8.36. The predicted octanol–water partition coefficient (Wildman–Crippen LogP) is 2.22. The maximum Gasteiger partial charge on any atom is 0.256 e. The van der Waals surface area contributed by atoms with Crippen molar-refractivity contribution in [3.8, 4) is 0 Å². The molecule has 0 unspecified atom stereocenters. The van der Waals surface area contributed by atoms with E-state index < -0.39 is 0 Å². The molecule has 3 rings (SSSR count). The molecule has 0 atom stereocenters. The van der Waals surface area contributed by atoms with Crippen LogP contribution in [-0.2, 0) is 6.42 Å². The normalized spacial score (nSPS) is 15.2. The first-order chi connectivity index (χ1) is 10.2. The van der Waals surface area contributed by atoms with E-state index in [9.17, 15) is 4.79 Å². The molecule has 110 valence electrons. The van der Waals surface area contributed by atoms with Crippen LogP contribution < -0.4 is 10.5 Å². The molecule has 5 heteroatoms. The summed E-state index contributed by atoms with van der Waals surface area (Å²) in [5, 5.41) is 0. The third-order valence-corrected chi connectivity index (χ3v) is 4.69. The molecule has 1 aromatic carbocycles. The summed E-state index contributed by atoms with van der Waals surface area (Å²) in [7, 11) is 0. The number of aromatic amines is 1. The van der Waals surface area contributed by atoms with Crippen molar-refractivity contribution in [1.29, 1.82) is 0 Å². The van der Waals surface area contributed by atoms with Gasteiger partial charge in [-0.25, -0.2) is 4.98 Å². The summed E-state index contributed by atoms with van der Waals surface area (Å²) < 4.78 is 0. The van der Waals surface area contributed by atoms with E-state index in [0.717, 1.165) is 47.4 Å². The molecule has 2 heterocycles. The third-order valence-electron chi connectivity index (χ3n) is 3.74. The Hall–Kier alpha value is -1.75. The fourth-order valence-corrected chi connectivity index (χ4v) is 3.43. The Morgan fingerprint density at radius 1 is 1.24 bits per heavy atom. The number of thioether (sulfide) groups is 1. The zero-order chi connectivity index (χ0) is 14.7. The van der Waals surface area contributed by atoms with Crippen LogP contribution in [0.1, 0.15) is 16.8 Å². The quantitative estimate of drug-likeness (QED) is 0.944. The van der Waals surface area contributed by atoms with Crippen molar-refractivity contribution in [2.75, 3.05) is 29.5 Å². The highest BCUT2D eigenvalue weighted by atomic mass is 32.2. The van der Waals surface area contributed by atoms with Gasteiger partial charge < -0.3 is 4.90 Å². The summed E-state index contributed by atoms with van der Waals surface area (Å²) in [5.74, 6) is 2.90. The topological polar surface area (TPSA) is 49.0 Å². The van der Waals surface area contributed by atoms with Gasteiger partial charge in [-0.3, -0.25) is 9.78 Å². The van der Waals surface area contributed by atoms with E-state index in [-0.39, 0.29) is 5.56 Å². The molecule has 1 fully saturated rings. The van der Waals surface area contributed by atoms with E-state index in [2.05, 4.69) is 14.9 Å². The zero-order valence-electron chi connectivity index (χ0n) is 12.1. The summed E-state index contributed by atoms with van der Waals surface area (Å²) in [6.45, 7) is 3.83. The first-order valence-electron chi connectivity index (χ1n) is 7.20. The lowest BCUT2D eigenvalue weighted by Crippen LogP contribution is -2.35. The molecule has 2 aromatic rings. The predicted molar refractivity (Wildman–Crippen MR) is 88.4 cm³/mol. The number of H-pyrrole nitrogens is 1. The Morgan fingerprint density at radius 2 is 1.95 bits per heavy atom. The number of aryl methyl sites for hydroxylation is 1. The SMILES string of the molecule is Cc1nc(N2CCSCC2)[nH]c(=O)c1Cc1ccccc1. The van der Waals surface area contributed by atoms with E-state index in [1.807, 2.05) is 49.0 Å². The van der Waals surface area contributed by atoms with Gasteiger partial charge in [0.1, 0.15) is 0 Å². The van der Waals surface area contributed by atoms with Crippen LogP contribution in [0.3, 0.4) is 0 Å². The molecular weight excluding hydrogens is 282 g/mol. The van der Waals surface area contributed by atoms with Gasteiger partial charge in [-0.15, -0.1) is 0 Å². The van der Waals surface area contributed by atoms with E-state index >= 15 is 0 Å². The van der Waals surface area contributed by atoms with Crippen molar-refractivity contribution in [3.05, 3.63) is 57.5 Å². The average Bonchev–Trinajstić information content (AvgIpc) is 2.52. The maximum absolute atomic E-state index is 12.4. The number of hydrogen-bond acceptors (Lipinski definition) is 4. The Bertz CT molecular complexity index is 663. The molecule has 4 nitrogen and oxygen atoms in total. The number of rotatable bonds is 3. The van der Waals surface area contributed by atoms with Crippen molar-refractivity contribution in [2.45, 2.75) is 13.3 Å². The lowest BCUT2D eigenvalue weighted by Gasteiger charge is -2.27. The Kier molecular flexibility index (Phi) is 4.29. The molecule has 0 saturated carbocycles. The minimum Gasteiger partial charge on any atom is -0.341 e. The maximum atomic E-state index is 12.4. The van der Waals surface area contributed by atoms with E-state index in [0.29, 0.717) is 6.42 Å². The van der Waals surface area contributed by atoms with Gasteiger partial charge in [0, 0.05) is 36.6 Å². The highest BCUT2D eigenvalue weighted by molar-refractivity contribution is 7.99. The fraction of sp³-hybridized carbons (Fsp3) is 0.375. The number of benzene rings is 1. The molecule has 1 saturated heterocycles. The van der Waals surface area contributed by atoms with Gasteiger partial charge in [0.15, 0.2) is 0 Å². The standard InChI is InChI=1S/C16H19N3OS/c1-12-14(11-13-5-3-2-4-6-13)15(20)18-16(17-12)19-7-9-21-10-8-19/h2-6H,7-11H2,1H3,(H,17,18,20). The summed E-state index contributed by atoms with van der Waals surface area (Å²) >= 11 is 1.95. The van der Waals surface area contributed by atoms with Crippen LogP contribution in [0.5, 0.6) is 0 Å². The molecule has 0 bridgehead atoms. The van der Waals surface area contributed by atoms with Gasteiger partial charge in [0.25, 0.3) is 5.56 Å². The Balaban J connectivity index is 1.87. The van der Waals surface area contributed by atoms with Gasteiger partial charge in [0.05, 0.1) is 5.69 Å². The van der Waals surface area contributed by atoms with Crippen LogP contribution in [0.2, 0.25) is 0 Å². The molecule has 1 aliphatic heterocycles. The molecule has 21 heavy (non-hydrogen) atoms. The molecular formula is C16H19N3OS. The number of hydrogen-bond donors (Lipinski definition) is 1. The summed E-state index contributed by atoms with van der Waals surface area (Å²) in [4.78, 5) is 22.1. The lowest BCUT2D eigenvalue weighted by molar-refractivity contribution is 0.799. The van der Waals surface area contributed by atoms with Crippen LogP contribution in [0, 0.1) is 6.92 Å². The Labute approximate surface area is 128 Å². The minimum absolute atomic E-state index is 0.0143. The van der Waals surface area contributed by atoms with Gasteiger partial charge in [-0.05, 0) is 12.5 Å². The number of aromatic nitrogens is 2. The monoisotopic (exact) mass is 301 g/mol. The highest BCUT2D eigenvalue weighted by Crippen LogP contribution is 2.16. The minimum atomic E-state index is -0.0143. The lowest BCUT2D eigenvalue weighted by atomic mass is 10.1. The second-order valence-electron chi connectivity index (χ2n) is 5.22. The van der Waals surface area contributed by atoms with Crippen molar-refractivity contribution in [1.82, 2.24) is 9.97 Å². The number of anilines is 1. The van der Waals surface area contributed by atoms with Crippen molar-refractivity contribution in [3.63, 3.8) is 0 Å². The molecule has 0 radical (unpaired) electrons. The van der Waals surface area contributed by atoms with Crippen LogP contribution in [0.25, 0.3) is 0 Å². The van der Waals surface area contributed by atoms with Gasteiger partial charge in [0.2, 0.25) is 5.95 Å². The zero-order valence-corrected chi connectivity index (χ0v) is 12.9. The van der Waals surface area contributed by atoms with E-state index in [4.69, 9.17) is 0 Å². The van der Waals surface area contributed by atoms with Crippen molar-refractivity contribution >= 4 is 17.7 Å². The van der Waals surface area contributed by atoms with Crippen LogP contribution in [0.15, 0.2) is 35.1 Å². The number of nitrogens with one attached hydrogen (secondary N) is 1. The van der Waals surface area contributed by atoms with E-state index in [1.165, 1.54) is 0 Å². The molecule has 1 aliphatic rings. The second-order valence-corrected chi connectivity index (χ2v) is 6.44. The molecule has 0 spiro atoms. The van der Waals surface area contributed by atoms with E-state index in [1.54, 1.807) is 0 Å². The second kappa shape index (κ2) is 6.35. The van der Waals surface area contributed by atoms with Crippen LogP contribution in [-0.4, -0.2) is 34.6 Å². The van der Waals surface area contributed by atoms with Gasteiger partial charge in [-0.2, -0.15) is 11.8 Å². The van der Waals surface area contributed by atoms with Crippen molar-refractivity contribution < 1.29 is 0 Å². The third kappa shape index (κ3) is 3.29. The highest BCUT2D eigenvalue weighted by Gasteiger charge is 2.16. The van der Waals surface area contributed by atoms with Gasteiger partial charge >= 0.3 is 0 Å². The average molecular weight is 301 g/mol. The fourth-order valence-electron chi connectivity index (χ4n) is 2.53. The Morgan fingerprint density at radius 3 is 2.62 bits per heavy atom. The molecule has 1 N–H and O–H groups in total. The molecule has 0 amide bonds. The van der Waals surface area contributed by atoms with Crippen molar-refractivity contribution in [2.24, 2.45) is 0 Å². The summed E-state index contributed by atoms with van der Waals surface area (Å²) in [6.07, 6.45) is 0.630. The van der Waals surface area contributed by atoms with Gasteiger partial charge in [-0.1, -0.05) is 30.3 Å². The molecule has 1 aromatic heterocycles. The largest absolute Gasteiger partial charge is 0.341 e. The first kappa shape index (κ1) is 14.2. The number of nitrogens with zero attached hydrogens (tertiary/aromatic N) is 2. The summed E-state index contributed by atoms with van der Waals surface area (Å²) in [6, 6.07) is 10.0.